The summed E-state index contributed by atoms with van der Waals surface area (Å²) >= 11 is 0. The van der Waals surface area contributed by atoms with Crippen molar-refractivity contribution >= 4 is 23.5 Å². The number of anilines is 2. The first kappa shape index (κ1) is 28.2. The van der Waals surface area contributed by atoms with Crippen LogP contribution in [-0.2, 0) is 15.5 Å². The predicted molar refractivity (Wildman–Crippen MR) is 148 cm³/mol. The molecule has 0 spiro atoms. The van der Waals surface area contributed by atoms with Gasteiger partial charge in [0.2, 0.25) is 17.8 Å². The van der Waals surface area contributed by atoms with E-state index in [9.17, 15) is 23.5 Å². The highest BCUT2D eigenvalue weighted by Crippen LogP contribution is 2.37. The molecule has 11 heteroatoms. The number of likely N-dealkylation sites (tertiary alicyclic amines) is 1. The lowest BCUT2D eigenvalue weighted by Gasteiger charge is -2.42. The van der Waals surface area contributed by atoms with Crippen LogP contribution in [0.1, 0.15) is 51.5 Å². The molecule has 4 heterocycles. The standard InChI is InChI=1S/C29H38F2N6O3/c1-20-18-35(13-14-37(20)27(40)19-36-10-4-3-5-26(36)39)25-7-6-22(29(2,30)31)15-24(25)21-16-32-28(33-17-21)34-11-8-23(38)9-12-34/h6-7,15-17,20,23,38H,3-5,8-14,18-19H2,1-2H3. The summed E-state index contributed by atoms with van der Waals surface area (Å²) in [4.78, 5) is 42.0. The third kappa shape index (κ3) is 6.19. The number of nitrogens with zero attached hydrogens (tertiary/aromatic N) is 6. The molecular weight excluding hydrogens is 518 g/mol. The van der Waals surface area contributed by atoms with Crippen LogP contribution in [0.2, 0.25) is 0 Å². The molecule has 2 amide bonds. The number of carbonyl (C=O) groups excluding carboxylic acids is 2. The number of aromatic nitrogens is 2. The van der Waals surface area contributed by atoms with Gasteiger partial charge >= 0.3 is 0 Å². The molecule has 0 radical (unpaired) electrons. The lowest BCUT2D eigenvalue weighted by atomic mass is 9.99. The van der Waals surface area contributed by atoms with Crippen LogP contribution in [0.15, 0.2) is 30.6 Å². The molecule has 3 saturated heterocycles. The zero-order chi connectivity index (χ0) is 28.4. The second-order valence-corrected chi connectivity index (χ2v) is 11.3. The van der Waals surface area contributed by atoms with Crippen molar-refractivity contribution < 1.29 is 23.5 Å². The summed E-state index contributed by atoms with van der Waals surface area (Å²) in [5, 5.41) is 9.79. The number of hydrogen-bond acceptors (Lipinski definition) is 7. The van der Waals surface area contributed by atoms with Gasteiger partial charge in [-0.25, -0.2) is 18.7 Å². The number of rotatable bonds is 6. The number of piperidine rings is 2. The van der Waals surface area contributed by atoms with Crippen LogP contribution in [0.4, 0.5) is 20.4 Å². The van der Waals surface area contributed by atoms with E-state index >= 15 is 0 Å². The monoisotopic (exact) mass is 556 g/mol. The lowest BCUT2D eigenvalue weighted by molar-refractivity contribution is -0.143. The first-order valence-corrected chi connectivity index (χ1v) is 14.2. The Morgan fingerprint density at radius 1 is 1.05 bits per heavy atom. The Morgan fingerprint density at radius 3 is 2.42 bits per heavy atom. The number of hydrogen-bond donors (Lipinski definition) is 1. The van der Waals surface area contributed by atoms with Crippen LogP contribution in [0.3, 0.4) is 0 Å². The van der Waals surface area contributed by atoms with Crippen LogP contribution < -0.4 is 9.80 Å². The Hall–Kier alpha value is -3.34. The van der Waals surface area contributed by atoms with E-state index < -0.39 is 5.92 Å². The molecule has 1 N–H and O–H groups in total. The van der Waals surface area contributed by atoms with Gasteiger partial charge < -0.3 is 24.7 Å². The van der Waals surface area contributed by atoms with E-state index in [1.54, 1.807) is 23.4 Å². The average Bonchev–Trinajstić information content (AvgIpc) is 2.94. The number of benzene rings is 1. The van der Waals surface area contributed by atoms with E-state index in [1.165, 1.54) is 12.1 Å². The fourth-order valence-electron chi connectivity index (χ4n) is 5.84. The molecule has 1 aromatic heterocycles. The van der Waals surface area contributed by atoms with Gasteiger partial charge in [-0.15, -0.1) is 0 Å². The zero-order valence-electron chi connectivity index (χ0n) is 23.2. The van der Waals surface area contributed by atoms with Crippen LogP contribution >= 0.6 is 0 Å². The van der Waals surface area contributed by atoms with E-state index in [-0.39, 0.29) is 36.1 Å². The quantitative estimate of drug-likeness (QED) is 0.584. The summed E-state index contributed by atoms with van der Waals surface area (Å²) in [6, 6.07) is 4.57. The number of carbonyl (C=O) groups is 2. The van der Waals surface area contributed by atoms with Crippen LogP contribution in [0, 0.1) is 0 Å². The van der Waals surface area contributed by atoms with Crippen LogP contribution in [0.25, 0.3) is 11.1 Å². The fourth-order valence-corrected chi connectivity index (χ4v) is 5.84. The van der Waals surface area contributed by atoms with E-state index in [1.807, 2.05) is 16.7 Å². The summed E-state index contributed by atoms with van der Waals surface area (Å²) in [6.45, 7) is 6.46. The SMILES string of the molecule is CC1CN(c2ccc(C(C)(F)F)cc2-c2cnc(N3CCC(O)CC3)nc2)CCN1C(=O)CN1CCCCC1=O. The van der Waals surface area contributed by atoms with E-state index in [0.717, 1.165) is 25.5 Å². The van der Waals surface area contributed by atoms with Crippen LogP contribution in [0.5, 0.6) is 0 Å². The van der Waals surface area contributed by atoms with Gasteiger partial charge in [0.25, 0.3) is 5.92 Å². The molecule has 1 unspecified atom stereocenters. The normalized spacial score (nSPS) is 21.2. The van der Waals surface area contributed by atoms with Crippen molar-refractivity contribution in [2.75, 3.05) is 55.6 Å². The van der Waals surface area contributed by atoms with Gasteiger partial charge in [-0.2, -0.15) is 0 Å². The highest BCUT2D eigenvalue weighted by molar-refractivity contribution is 5.86. The van der Waals surface area contributed by atoms with E-state index in [2.05, 4.69) is 14.9 Å². The minimum Gasteiger partial charge on any atom is -0.393 e. The van der Waals surface area contributed by atoms with Gasteiger partial charge in [-0.1, -0.05) is 6.07 Å². The average molecular weight is 557 g/mol. The molecule has 5 rings (SSSR count). The Kier molecular flexibility index (Phi) is 8.21. The van der Waals surface area contributed by atoms with Gasteiger partial charge in [0, 0.05) is 93.4 Å². The number of aliphatic hydroxyl groups excluding tert-OH is 1. The first-order chi connectivity index (χ1) is 19.1. The lowest BCUT2D eigenvalue weighted by Crippen LogP contribution is -2.56. The molecule has 2 aromatic rings. The number of piperazine rings is 1. The molecule has 0 aliphatic carbocycles. The van der Waals surface area contributed by atoms with Gasteiger partial charge in [0.05, 0.1) is 12.6 Å². The Balaban J connectivity index is 1.34. The number of aliphatic hydroxyl groups is 1. The third-order valence-corrected chi connectivity index (χ3v) is 8.24. The second kappa shape index (κ2) is 11.6. The smallest absolute Gasteiger partial charge is 0.270 e. The predicted octanol–water partition coefficient (Wildman–Crippen LogP) is 3.27. The molecule has 40 heavy (non-hydrogen) atoms. The van der Waals surface area contributed by atoms with Crippen molar-refractivity contribution in [1.82, 2.24) is 19.8 Å². The zero-order valence-corrected chi connectivity index (χ0v) is 23.2. The van der Waals surface area contributed by atoms with Gasteiger partial charge in [0.15, 0.2) is 0 Å². The molecule has 3 fully saturated rings. The maximum Gasteiger partial charge on any atom is 0.270 e. The summed E-state index contributed by atoms with van der Waals surface area (Å²) in [6.07, 6.45) is 6.64. The van der Waals surface area contributed by atoms with Crippen molar-refractivity contribution in [2.45, 2.75) is 64.0 Å². The maximum atomic E-state index is 14.3. The molecule has 216 valence electrons. The fraction of sp³-hybridized carbons (Fsp3) is 0.586. The third-order valence-electron chi connectivity index (χ3n) is 8.24. The number of halogens is 2. The molecule has 0 bridgehead atoms. The molecule has 1 aromatic carbocycles. The highest BCUT2D eigenvalue weighted by atomic mass is 19.3. The second-order valence-electron chi connectivity index (χ2n) is 11.3. The molecule has 0 saturated carbocycles. The van der Waals surface area contributed by atoms with Crippen molar-refractivity contribution in [2.24, 2.45) is 0 Å². The van der Waals surface area contributed by atoms with E-state index in [0.29, 0.717) is 75.6 Å². The molecular formula is C29H38F2N6O3. The van der Waals surface area contributed by atoms with Crippen molar-refractivity contribution in [3.8, 4) is 11.1 Å². The summed E-state index contributed by atoms with van der Waals surface area (Å²) in [5.41, 5.74) is 1.95. The Bertz CT molecular complexity index is 1210. The van der Waals surface area contributed by atoms with Crippen molar-refractivity contribution in [3.63, 3.8) is 0 Å². The van der Waals surface area contributed by atoms with Crippen LogP contribution in [-0.4, -0.2) is 94.6 Å². The summed E-state index contributed by atoms with van der Waals surface area (Å²) < 4.78 is 28.7. The Morgan fingerprint density at radius 2 is 1.77 bits per heavy atom. The molecule has 9 nitrogen and oxygen atoms in total. The Labute approximate surface area is 233 Å². The molecule has 3 aliphatic rings. The first-order valence-electron chi connectivity index (χ1n) is 14.2. The van der Waals surface area contributed by atoms with Crippen molar-refractivity contribution in [1.29, 1.82) is 0 Å². The van der Waals surface area contributed by atoms with Gasteiger partial charge in [0.1, 0.15) is 0 Å². The van der Waals surface area contributed by atoms with Crippen molar-refractivity contribution in [3.05, 3.63) is 36.2 Å². The minimum atomic E-state index is -3.01. The largest absolute Gasteiger partial charge is 0.393 e. The van der Waals surface area contributed by atoms with E-state index in [4.69, 9.17) is 0 Å². The van der Waals surface area contributed by atoms with Gasteiger partial charge in [-0.05, 0) is 44.7 Å². The summed E-state index contributed by atoms with van der Waals surface area (Å²) in [7, 11) is 0. The summed E-state index contributed by atoms with van der Waals surface area (Å²) in [5.74, 6) is -2.47. The van der Waals surface area contributed by atoms with Gasteiger partial charge in [-0.3, -0.25) is 9.59 Å². The minimum absolute atomic E-state index is 0.0365. The number of alkyl halides is 2. The maximum absolute atomic E-state index is 14.3. The number of amides is 2. The highest BCUT2D eigenvalue weighted by Gasteiger charge is 2.32. The molecule has 3 aliphatic heterocycles. The molecule has 1 atom stereocenters. The topological polar surface area (TPSA) is 93.1 Å².